The summed E-state index contributed by atoms with van der Waals surface area (Å²) in [5, 5.41) is 0. The van der Waals surface area contributed by atoms with Gasteiger partial charge in [0.1, 0.15) is 25.3 Å². The predicted molar refractivity (Wildman–Crippen MR) is 123 cm³/mol. The molecule has 0 spiro atoms. The first-order chi connectivity index (χ1) is 16.6. The molecule has 0 atom stereocenters. The maximum atomic E-state index is 13.3. The Bertz CT molecular complexity index is 859. The van der Waals surface area contributed by atoms with E-state index in [1.54, 1.807) is 11.9 Å². The van der Waals surface area contributed by atoms with Crippen molar-refractivity contribution in [1.82, 2.24) is 19.6 Å². The number of ether oxygens (including phenoxy) is 2. The number of unbranched alkanes of at least 4 members (excludes halogenated alkanes) is 2. The van der Waals surface area contributed by atoms with E-state index in [1.165, 1.54) is 19.6 Å². The Balaban J connectivity index is 2.36. The van der Waals surface area contributed by atoms with Gasteiger partial charge in [-0.1, -0.05) is 50.4 Å². The quantitative estimate of drug-likeness (QED) is 0.243. The lowest BCUT2D eigenvalue weighted by Gasteiger charge is -2.29. The molecule has 0 radical (unpaired) electrons. The molecule has 0 aromatic rings. The molecule has 2 saturated heterocycles. The maximum Gasteiger partial charge on any atom is 0.326 e. The third kappa shape index (κ3) is 6.74. The summed E-state index contributed by atoms with van der Waals surface area (Å²) in [5.74, 6) is 13.7. The Morgan fingerprint density at radius 1 is 0.735 bits per heavy atom. The van der Waals surface area contributed by atoms with E-state index in [2.05, 4.69) is 23.7 Å². The molecule has 0 unspecified atom stereocenters. The lowest BCUT2D eigenvalue weighted by atomic mass is 10.3. The van der Waals surface area contributed by atoms with E-state index in [4.69, 9.17) is 9.47 Å². The smallest absolute Gasteiger partial charge is 0.326 e. The summed E-state index contributed by atoms with van der Waals surface area (Å²) in [7, 11) is 0. The molecule has 0 aliphatic carbocycles. The average molecular weight is 471 g/mol. The highest BCUT2D eigenvalue weighted by atomic mass is 16.5. The van der Waals surface area contributed by atoms with Gasteiger partial charge in [0.2, 0.25) is 0 Å². The van der Waals surface area contributed by atoms with Crippen LogP contribution in [0.3, 0.4) is 0 Å². The maximum absolute atomic E-state index is 13.3. The van der Waals surface area contributed by atoms with Crippen molar-refractivity contribution in [2.45, 2.75) is 51.9 Å². The molecule has 2 aliphatic heterocycles. The van der Waals surface area contributed by atoms with Crippen molar-refractivity contribution < 1.29 is 28.7 Å². The Morgan fingerprint density at radius 2 is 1.15 bits per heavy atom. The number of nitrogens with zero attached hydrogens (tertiary/aromatic N) is 4. The van der Waals surface area contributed by atoms with Crippen molar-refractivity contribution in [2.24, 2.45) is 0 Å². The van der Waals surface area contributed by atoms with E-state index in [1.807, 2.05) is 13.8 Å². The van der Waals surface area contributed by atoms with Crippen LogP contribution in [-0.4, -0.2) is 95.6 Å². The number of carbonyl (C=O) groups excluding carboxylic acids is 4. The average Bonchev–Trinajstić information content (AvgIpc) is 3.25. The second kappa shape index (κ2) is 14.6. The van der Waals surface area contributed by atoms with E-state index in [-0.39, 0.29) is 38.6 Å². The summed E-state index contributed by atoms with van der Waals surface area (Å²) in [5.41, 5.74) is 0. The van der Waals surface area contributed by atoms with Crippen molar-refractivity contribution >= 4 is 23.9 Å². The number of rotatable bonds is 12. The molecule has 2 aliphatic rings. The van der Waals surface area contributed by atoms with Gasteiger partial charge < -0.3 is 9.47 Å². The van der Waals surface area contributed by atoms with Crippen LogP contribution in [0, 0.1) is 23.7 Å². The topological polar surface area (TPSA) is 99.7 Å². The van der Waals surface area contributed by atoms with Crippen molar-refractivity contribution in [3.63, 3.8) is 0 Å². The van der Waals surface area contributed by atoms with Crippen LogP contribution in [0.5, 0.6) is 0 Å². The molecule has 10 nitrogen and oxygen atoms in total. The van der Waals surface area contributed by atoms with Gasteiger partial charge in [-0.25, -0.2) is 19.2 Å². The molecule has 0 saturated carbocycles. The molecule has 2 fully saturated rings. The Kier molecular flexibility index (Phi) is 11.5. The largest absolute Gasteiger partial charge is 0.361 e. The van der Waals surface area contributed by atoms with Crippen LogP contribution in [0.2, 0.25) is 0 Å². The van der Waals surface area contributed by atoms with Gasteiger partial charge in [-0.3, -0.25) is 19.6 Å². The third-order valence-corrected chi connectivity index (χ3v) is 5.24. The number of urea groups is 2. The van der Waals surface area contributed by atoms with Crippen LogP contribution in [0.1, 0.15) is 39.5 Å². The van der Waals surface area contributed by atoms with Crippen molar-refractivity contribution in [2.75, 3.05) is 39.8 Å². The summed E-state index contributed by atoms with van der Waals surface area (Å²) in [6.07, 6.45) is 4.26. The van der Waals surface area contributed by atoms with Crippen LogP contribution in [0.4, 0.5) is 9.59 Å². The van der Waals surface area contributed by atoms with Gasteiger partial charge >= 0.3 is 12.1 Å². The summed E-state index contributed by atoms with van der Waals surface area (Å²) < 4.78 is 11.4. The zero-order valence-corrected chi connectivity index (χ0v) is 19.6. The molecule has 0 aromatic carbocycles. The normalized spacial score (nSPS) is 18.5. The zero-order valence-electron chi connectivity index (χ0n) is 19.6. The van der Waals surface area contributed by atoms with Crippen LogP contribution >= 0.6 is 0 Å². The SMILES string of the molecule is CCCCOCN1C(=O)N(CC#CC=C=O)C2C1N(COCCCC)C(=O)N2CC#CC=C=O. The number of carbonyl (C=O) groups is 2. The van der Waals surface area contributed by atoms with Gasteiger partial charge in [0, 0.05) is 13.2 Å². The summed E-state index contributed by atoms with van der Waals surface area (Å²) in [6.45, 7) is 5.02. The molecule has 0 bridgehead atoms. The van der Waals surface area contributed by atoms with Crippen LogP contribution < -0.4 is 0 Å². The highest BCUT2D eigenvalue weighted by Gasteiger charge is 2.58. The van der Waals surface area contributed by atoms with E-state index in [0.29, 0.717) is 13.2 Å². The number of hydrogen-bond donors (Lipinski definition) is 0. The molecule has 182 valence electrons. The fourth-order valence-electron chi connectivity index (χ4n) is 3.59. The van der Waals surface area contributed by atoms with Gasteiger partial charge in [-0.2, -0.15) is 0 Å². The molecule has 4 amide bonds. The molecule has 34 heavy (non-hydrogen) atoms. The molecular formula is C24H30N4O6. The van der Waals surface area contributed by atoms with E-state index in [0.717, 1.165) is 37.8 Å². The Hall–Kier alpha value is -3.52. The highest BCUT2D eigenvalue weighted by molar-refractivity contribution is 5.85. The fraction of sp³-hybridized carbons (Fsp3) is 0.583. The van der Waals surface area contributed by atoms with Crippen LogP contribution in [0.15, 0.2) is 12.2 Å². The first-order valence-electron chi connectivity index (χ1n) is 11.3. The van der Waals surface area contributed by atoms with E-state index in [9.17, 15) is 19.2 Å². The van der Waals surface area contributed by atoms with Gasteiger partial charge in [-0.15, -0.1) is 0 Å². The molecular weight excluding hydrogens is 440 g/mol. The number of allylic oxidation sites excluding steroid dienone is 2. The zero-order chi connectivity index (χ0) is 24.8. The minimum atomic E-state index is -0.700. The van der Waals surface area contributed by atoms with E-state index < -0.39 is 12.3 Å². The first-order valence-corrected chi connectivity index (χ1v) is 11.3. The molecule has 2 heterocycles. The summed E-state index contributed by atoms with van der Waals surface area (Å²) >= 11 is 0. The van der Waals surface area contributed by atoms with Crippen molar-refractivity contribution in [1.29, 1.82) is 0 Å². The molecule has 0 aromatic heterocycles. The summed E-state index contributed by atoms with van der Waals surface area (Å²) in [6, 6.07) is -0.708. The van der Waals surface area contributed by atoms with Gasteiger partial charge in [0.05, 0.1) is 25.2 Å². The standard InChI is InChI=1S/C24H30N4O6/c1-3-5-17-33-19-27-22-21(25(23(27)31)13-9-7-11-15-29)26(14-10-8-12-16-30)24(32)28(22)20-34-18-6-4-2/h11-12,21-22H,3-6,13-14,17-20H2,1-2H3. The monoisotopic (exact) mass is 470 g/mol. The lowest BCUT2D eigenvalue weighted by molar-refractivity contribution is -0.0264. The van der Waals surface area contributed by atoms with Crippen LogP contribution in [-0.2, 0) is 19.1 Å². The number of fused-ring (bicyclic) bond motifs is 1. The van der Waals surface area contributed by atoms with Gasteiger partial charge in [-0.05, 0) is 12.8 Å². The minimum Gasteiger partial charge on any atom is -0.361 e. The first kappa shape index (κ1) is 26.7. The Labute approximate surface area is 200 Å². The van der Waals surface area contributed by atoms with Gasteiger partial charge in [0.15, 0.2) is 12.3 Å². The van der Waals surface area contributed by atoms with Gasteiger partial charge in [0.25, 0.3) is 0 Å². The second-order valence-corrected chi connectivity index (χ2v) is 7.54. The van der Waals surface area contributed by atoms with Crippen molar-refractivity contribution in [3.8, 4) is 23.7 Å². The fourth-order valence-corrected chi connectivity index (χ4v) is 3.59. The Morgan fingerprint density at radius 3 is 1.53 bits per heavy atom. The van der Waals surface area contributed by atoms with Crippen molar-refractivity contribution in [3.05, 3.63) is 12.2 Å². The second-order valence-electron chi connectivity index (χ2n) is 7.54. The minimum absolute atomic E-state index is 0.00427. The number of amides is 4. The molecule has 2 rings (SSSR count). The third-order valence-electron chi connectivity index (χ3n) is 5.24. The number of hydrogen-bond acceptors (Lipinski definition) is 6. The highest BCUT2D eigenvalue weighted by Crippen LogP contribution is 2.34. The lowest BCUT2D eigenvalue weighted by Crippen LogP contribution is -2.48. The van der Waals surface area contributed by atoms with Crippen LogP contribution in [0.25, 0.3) is 0 Å². The summed E-state index contributed by atoms with van der Waals surface area (Å²) in [4.78, 5) is 53.3. The molecule has 0 N–H and O–H groups in total. The van der Waals surface area contributed by atoms with E-state index >= 15 is 0 Å². The predicted octanol–water partition coefficient (Wildman–Crippen LogP) is 1.44. The molecule has 10 heteroatoms.